The lowest BCUT2D eigenvalue weighted by Crippen LogP contribution is -2.67. The van der Waals surface area contributed by atoms with Crippen molar-refractivity contribution in [3.63, 3.8) is 0 Å². The van der Waals surface area contributed by atoms with Crippen LogP contribution in [0.15, 0.2) is 66.9 Å². The highest BCUT2D eigenvalue weighted by atomic mass is 35.5. The summed E-state index contributed by atoms with van der Waals surface area (Å²) in [4.78, 5) is 15.6. The third-order valence-electron chi connectivity index (χ3n) is 8.98. The number of hydrogen-bond donors (Lipinski definition) is 0. The Morgan fingerprint density at radius 1 is 0.884 bits per heavy atom. The average molecular weight is 619 g/mol. The zero-order valence-electron chi connectivity index (χ0n) is 25.3. The summed E-state index contributed by atoms with van der Waals surface area (Å²) in [6.45, 7) is 9.54. The minimum atomic E-state index is -2.68. The molecule has 0 radical (unpaired) electrons. The van der Waals surface area contributed by atoms with Crippen molar-refractivity contribution in [2.24, 2.45) is 5.41 Å². The van der Waals surface area contributed by atoms with Gasteiger partial charge in [0.15, 0.2) is 11.0 Å². The number of ether oxygens (including phenoxy) is 1. The molecule has 6 nitrogen and oxygen atoms in total. The van der Waals surface area contributed by atoms with E-state index in [1.807, 2.05) is 0 Å². The van der Waals surface area contributed by atoms with Gasteiger partial charge < -0.3 is 14.1 Å². The molecule has 0 amide bonds. The maximum Gasteiger partial charge on any atom is 0.319 e. The predicted octanol–water partition coefficient (Wildman–Crippen LogP) is 6.93. The van der Waals surface area contributed by atoms with Crippen LogP contribution in [0.1, 0.15) is 59.3 Å². The number of anilines is 1. The Morgan fingerprint density at radius 2 is 1.49 bits per heavy atom. The molecule has 1 aliphatic carbocycles. The molecular formula is C34H40ClFN4O2Si. The second kappa shape index (κ2) is 12.1. The van der Waals surface area contributed by atoms with E-state index in [0.29, 0.717) is 24.4 Å². The average Bonchev–Trinajstić information content (AvgIpc) is 3.83. The Kier molecular flexibility index (Phi) is 8.46. The highest BCUT2D eigenvalue weighted by Crippen LogP contribution is 2.48. The first kappa shape index (κ1) is 30.0. The molecule has 2 aromatic carbocycles. The second-order valence-electron chi connectivity index (χ2n) is 13.1. The quantitative estimate of drug-likeness (QED) is 0.150. The first-order valence-electron chi connectivity index (χ1n) is 15.4. The highest BCUT2D eigenvalue weighted by Gasteiger charge is 2.53. The van der Waals surface area contributed by atoms with Crippen LogP contribution in [0, 0.1) is 11.2 Å². The van der Waals surface area contributed by atoms with Crippen LogP contribution in [0.2, 0.25) is 10.2 Å². The van der Waals surface area contributed by atoms with Gasteiger partial charge in [0.05, 0.1) is 12.0 Å². The summed E-state index contributed by atoms with van der Waals surface area (Å²) in [7, 11) is -2.68. The van der Waals surface area contributed by atoms with Crippen molar-refractivity contribution in [1.82, 2.24) is 15.0 Å². The number of rotatable bonds is 9. The van der Waals surface area contributed by atoms with E-state index in [4.69, 9.17) is 25.7 Å². The van der Waals surface area contributed by atoms with Crippen LogP contribution in [-0.2, 0) is 4.43 Å². The Balaban J connectivity index is 1.28. The number of aromatic nitrogens is 3. The van der Waals surface area contributed by atoms with Crippen LogP contribution < -0.4 is 20.0 Å². The van der Waals surface area contributed by atoms with Crippen LogP contribution in [0.3, 0.4) is 0 Å². The minimum Gasteiger partial charge on any atom is -0.463 e. The monoisotopic (exact) mass is 618 g/mol. The Labute approximate surface area is 259 Å². The molecule has 2 aliphatic rings. The fraction of sp³-hybridized carbons (Fsp3) is 0.441. The number of hydrogen-bond acceptors (Lipinski definition) is 6. The van der Waals surface area contributed by atoms with Gasteiger partial charge in [0, 0.05) is 31.3 Å². The molecule has 9 heteroatoms. The zero-order chi connectivity index (χ0) is 30.1. The van der Waals surface area contributed by atoms with E-state index in [2.05, 4.69) is 96.3 Å². The Morgan fingerprint density at radius 3 is 2.05 bits per heavy atom. The van der Waals surface area contributed by atoms with E-state index in [1.165, 1.54) is 23.2 Å². The van der Waals surface area contributed by atoms with Gasteiger partial charge in [0.2, 0.25) is 0 Å². The van der Waals surface area contributed by atoms with E-state index >= 15 is 4.39 Å². The topological polar surface area (TPSA) is 60.4 Å². The van der Waals surface area contributed by atoms with E-state index in [9.17, 15) is 0 Å². The molecule has 1 aliphatic heterocycles. The van der Waals surface area contributed by atoms with Crippen LogP contribution in [0.4, 0.5) is 10.2 Å². The molecule has 1 saturated heterocycles. The van der Waals surface area contributed by atoms with Crippen molar-refractivity contribution in [3.8, 4) is 6.01 Å². The first-order chi connectivity index (χ1) is 20.7. The van der Waals surface area contributed by atoms with Gasteiger partial charge in [-0.25, -0.2) is 9.37 Å². The van der Waals surface area contributed by atoms with Gasteiger partial charge in [-0.15, -0.1) is 0 Å². The number of halogens is 2. The van der Waals surface area contributed by atoms with Gasteiger partial charge in [-0.1, -0.05) is 106 Å². The van der Waals surface area contributed by atoms with Crippen molar-refractivity contribution in [3.05, 3.63) is 77.8 Å². The molecule has 226 valence electrons. The maximum atomic E-state index is 15.2. The van der Waals surface area contributed by atoms with Crippen LogP contribution >= 0.6 is 11.6 Å². The number of nitrogens with zero attached hydrogens (tertiary/aromatic N) is 4. The van der Waals surface area contributed by atoms with E-state index < -0.39 is 14.1 Å². The minimum absolute atomic E-state index is 0.110. The number of benzene rings is 2. The predicted molar refractivity (Wildman–Crippen MR) is 174 cm³/mol. The molecule has 43 heavy (non-hydrogen) atoms. The molecular weight excluding hydrogens is 579 g/mol. The van der Waals surface area contributed by atoms with E-state index in [0.717, 1.165) is 38.8 Å². The van der Waals surface area contributed by atoms with Gasteiger partial charge in [-0.2, -0.15) is 9.97 Å². The molecule has 4 aromatic rings. The molecule has 0 N–H and O–H groups in total. The van der Waals surface area contributed by atoms with Crippen LogP contribution in [-0.4, -0.2) is 49.6 Å². The number of fused-ring (bicyclic) bond motifs is 1. The molecule has 1 saturated carbocycles. The van der Waals surface area contributed by atoms with E-state index in [-0.39, 0.29) is 27.1 Å². The fourth-order valence-electron chi connectivity index (χ4n) is 6.34. The summed E-state index contributed by atoms with van der Waals surface area (Å²) >= 11 is 6.07. The normalized spacial score (nSPS) is 17.1. The summed E-state index contributed by atoms with van der Waals surface area (Å²) in [5, 5.41) is 2.77. The summed E-state index contributed by atoms with van der Waals surface area (Å²) in [6.07, 6.45) is 8.03. The first-order valence-corrected chi connectivity index (χ1v) is 17.7. The fourth-order valence-corrected chi connectivity index (χ4v) is 11.2. The van der Waals surface area contributed by atoms with Crippen molar-refractivity contribution in [2.45, 2.75) is 64.3 Å². The van der Waals surface area contributed by atoms with Gasteiger partial charge in [-0.05, 0) is 41.1 Å². The summed E-state index contributed by atoms with van der Waals surface area (Å²) < 4.78 is 28.8. The largest absolute Gasteiger partial charge is 0.463 e. The third-order valence-corrected chi connectivity index (χ3v) is 14.2. The highest BCUT2D eigenvalue weighted by molar-refractivity contribution is 6.99. The van der Waals surface area contributed by atoms with Crippen LogP contribution in [0.25, 0.3) is 10.9 Å². The van der Waals surface area contributed by atoms with E-state index in [1.54, 1.807) is 6.20 Å². The van der Waals surface area contributed by atoms with Gasteiger partial charge in [0.25, 0.3) is 8.32 Å². The molecule has 2 fully saturated rings. The molecule has 2 aromatic heterocycles. The van der Waals surface area contributed by atoms with Gasteiger partial charge in [0.1, 0.15) is 11.3 Å². The lowest BCUT2D eigenvalue weighted by molar-refractivity contribution is 0.147. The summed E-state index contributed by atoms with van der Waals surface area (Å²) in [5.41, 5.74) is 0.000388. The van der Waals surface area contributed by atoms with Crippen molar-refractivity contribution >= 4 is 47.0 Å². The van der Waals surface area contributed by atoms with Crippen molar-refractivity contribution < 1.29 is 13.6 Å². The lowest BCUT2D eigenvalue weighted by Gasteiger charge is -2.43. The Hall–Kier alpha value is -3.07. The van der Waals surface area contributed by atoms with Crippen molar-refractivity contribution in [1.29, 1.82) is 0 Å². The lowest BCUT2D eigenvalue weighted by atomic mass is 10.1. The standard InChI is InChI=1S/C34H40ClFN4O2Si/c1-33(2,3)43(25-14-8-6-9-15-25,26-16-10-7-11-17-26)42-24-34(18-19-34)23-41-32-38-29-27(22-37-30(35)28(29)36)31(39-32)40-20-12-4-5-13-21-40/h6-11,14-17,22H,4-5,12-13,18-21,23-24H2,1-3H3. The summed E-state index contributed by atoms with van der Waals surface area (Å²) in [6, 6.07) is 21.5. The molecule has 0 atom stereocenters. The Bertz CT molecular complexity index is 1520. The van der Waals surface area contributed by atoms with Crippen LogP contribution in [0.5, 0.6) is 6.01 Å². The summed E-state index contributed by atoms with van der Waals surface area (Å²) in [5.74, 6) is 0.0250. The second-order valence-corrected chi connectivity index (χ2v) is 17.8. The number of pyridine rings is 1. The molecule has 6 rings (SSSR count). The molecule has 0 unspecified atom stereocenters. The third kappa shape index (κ3) is 6.02. The zero-order valence-corrected chi connectivity index (χ0v) is 27.0. The van der Waals surface area contributed by atoms with Crippen molar-refractivity contribution in [2.75, 3.05) is 31.2 Å². The smallest absolute Gasteiger partial charge is 0.319 e. The SMILES string of the molecule is CC(C)(C)[Si](OCC1(COc2nc(N3CCCCCC3)c3cnc(Cl)c(F)c3n2)CC1)(c1ccccc1)c1ccccc1. The molecule has 0 bridgehead atoms. The molecule has 3 heterocycles. The molecule has 0 spiro atoms. The van der Waals surface area contributed by atoms with Gasteiger partial charge in [-0.3, -0.25) is 0 Å². The van der Waals surface area contributed by atoms with Gasteiger partial charge >= 0.3 is 6.01 Å². The maximum absolute atomic E-state index is 15.2.